The van der Waals surface area contributed by atoms with Gasteiger partial charge in [-0.1, -0.05) is 59.9 Å². The Bertz CT molecular complexity index is 742. The Morgan fingerprint density at radius 3 is 2.00 bits per heavy atom. The van der Waals surface area contributed by atoms with Crippen LogP contribution in [0.3, 0.4) is 0 Å². The van der Waals surface area contributed by atoms with E-state index in [0.29, 0.717) is 10.2 Å². The predicted molar refractivity (Wildman–Crippen MR) is 111 cm³/mol. The van der Waals surface area contributed by atoms with Gasteiger partial charge >= 0.3 is 0 Å². The molecule has 6 heteroatoms. The Hall–Kier alpha value is -0.873. The maximum absolute atomic E-state index is 6.54. The number of methoxy groups -OCH3 is 2. The Morgan fingerprint density at radius 1 is 0.960 bits per heavy atom. The molecule has 0 aliphatic heterocycles. The maximum atomic E-state index is 6.54. The van der Waals surface area contributed by atoms with Crippen LogP contribution < -0.4 is 9.47 Å². The molecule has 0 radical (unpaired) electrons. The van der Waals surface area contributed by atoms with Crippen molar-refractivity contribution in [2.75, 3.05) is 14.2 Å². The van der Waals surface area contributed by atoms with E-state index in [1.165, 1.54) is 0 Å². The second kappa shape index (κ2) is 7.79. The van der Waals surface area contributed by atoms with Gasteiger partial charge in [-0.15, -0.1) is 0 Å². The number of hydrogen-bond acceptors (Lipinski definition) is 2. The van der Waals surface area contributed by atoms with Crippen molar-refractivity contribution in [2.45, 2.75) is 29.1 Å². The quantitative estimate of drug-likeness (QED) is 0.524. The summed E-state index contributed by atoms with van der Waals surface area (Å²) >= 11 is 19.6. The Balaban J connectivity index is 2.76. The van der Waals surface area contributed by atoms with Crippen LogP contribution in [0.2, 0.25) is 0 Å². The normalized spacial score (nSPS) is 14.2. The zero-order chi connectivity index (χ0) is 18.8. The molecule has 2 aromatic carbocycles. The van der Waals surface area contributed by atoms with Gasteiger partial charge < -0.3 is 9.47 Å². The van der Waals surface area contributed by atoms with E-state index in [4.69, 9.17) is 44.3 Å². The molecule has 0 spiro atoms. The fourth-order valence-corrected chi connectivity index (χ4v) is 4.71. The monoisotopic (exact) mass is 416 g/mol. The third-order valence-corrected chi connectivity index (χ3v) is 8.85. The molecule has 0 heterocycles. The molecule has 2 rings (SSSR count). The molecule has 1 unspecified atom stereocenters. The average molecular weight is 418 g/mol. The van der Waals surface area contributed by atoms with E-state index in [0.717, 1.165) is 40.2 Å². The van der Waals surface area contributed by atoms with Crippen LogP contribution in [0.15, 0.2) is 36.4 Å². The standard InChI is InChI=1S/C19H23Cl3O2Si/c1-5-15-12(2)17(24-4)11-10-16(15)18(25,19(20,21)22)13-6-8-14(23-3)9-7-13/h6-11H,5H2,1-4,25H3. The third kappa shape index (κ3) is 3.66. The predicted octanol–water partition coefficient (Wildman–Crippen LogP) is 4.55. The van der Waals surface area contributed by atoms with Gasteiger partial charge in [0.25, 0.3) is 0 Å². The number of ether oxygens (including phenoxy) is 2. The first-order valence-corrected chi connectivity index (χ1v) is 10.2. The zero-order valence-corrected chi connectivity index (χ0v) is 19.4. The molecule has 2 nitrogen and oxygen atoms in total. The summed E-state index contributed by atoms with van der Waals surface area (Å²) in [7, 11) is 3.94. The summed E-state index contributed by atoms with van der Waals surface area (Å²) in [6.07, 6.45) is 0.833. The topological polar surface area (TPSA) is 18.5 Å². The van der Waals surface area contributed by atoms with E-state index in [9.17, 15) is 0 Å². The number of rotatable bonds is 5. The fourth-order valence-electron chi connectivity index (χ4n) is 3.28. The van der Waals surface area contributed by atoms with Crippen LogP contribution in [0.4, 0.5) is 0 Å². The molecule has 25 heavy (non-hydrogen) atoms. The molecule has 0 fully saturated rings. The fraction of sp³-hybridized carbons (Fsp3) is 0.368. The molecular formula is C19H23Cl3O2Si. The highest BCUT2D eigenvalue weighted by atomic mass is 35.6. The molecular weight excluding hydrogens is 395 g/mol. The van der Waals surface area contributed by atoms with Crippen LogP contribution in [0.25, 0.3) is 0 Å². The van der Waals surface area contributed by atoms with Crippen molar-refractivity contribution in [2.24, 2.45) is 0 Å². The summed E-state index contributed by atoms with van der Waals surface area (Å²) in [4.78, 5) is 0. The molecule has 0 saturated heterocycles. The van der Waals surface area contributed by atoms with Crippen molar-refractivity contribution in [1.82, 2.24) is 0 Å². The Morgan fingerprint density at radius 2 is 1.56 bits per heavy atom. The first-order chi connectivity index (χ1) is 11.7. The molecule has 2 aromatic rings. The van der Waals surface area contributed by atoms with E-state index in [-0.39, 0.29) is 0 Å². The van der Waals surface area contributed by atoms with Gasteiger partial charge in [-0.3, -0.25) is 0 Å². The summed E-state index contributed by atoms with van der Waals surface area (Å²) in [5.74, 6) is 1.63. The van der Waals surface area contributed by atoms with Crippen molar-refractivity contribution in [3.63, 3.8) is 0 Å². The second-order valence-electron chi connectivity index (χ2n) is 6.12. The average Bonchev–Trinajstić information content (AvgIpc) is 2.59. The lowest BCUT2D eigenvalue weighted by Gasteiger charge is -2.39. The van der Waals surface area contributed by atoms with Gasteiger partial charge in [0.15, 0.2) is 0 Å². The summed E-state index contributed by atoms with van der Waals surface area (Å²) in [6.45, 7) is 4.16. The highest BCUT2D eigenvalue weighted by Gasteiger charge is 2.48. The van der Waals surface area contributed by atoms with Crippen LogP contribution >= 0.6 is 34.8 Å². The first-order valence-electron chi connectivity index (χ1n) is 8.08. The molecule has 0 aromatic heterocycles. The number of benzene rings is 2. The van der Waals surface area contributed by atoms with Gasteiger partial charge in [-0.05, 0) is 53.8 Å². The van der Waals surface area contributed by atoms with Gasteiger partial charge in [-0.2, -0.15) is 0 Å². The Labute approximate surface area is 167 Å². The Kier molecular flexibility index (Phi) is 6.37. The lowest BCUT2D eigenvalue weighted by Crippen LogP contribution is -2.42. The zero-order valence-electron chi connectivity index (χ0n) is 15.1. The van der Waals surface area contributed by atoms with E-state index in [1.807, 2.05) is 36.4 Å². The lowest BCUT2D eigenvalue weighted by atomic mass is 9.85. The van der Waals surface area contributed by atoms with Crippen LogP contribution in [0.5, 0.6) is 11.5 Å². The molecule has 0 N–H and O–H groups in total. The van der Waals surface area contributed by atoms with Crippen molar-refractivity contribution in [3.05, 3.63) is 58.7 Å². The van der Waals surface area contributed by atoms with Gasteiger partial charge in [0.2, 0.25) is 3.79 Å². The van der Waals surface area contributed by atoms with Gasteiger partial charge in [0.05, 0.1) is 19.3 Å². The van der Waals surface area contributed by atoms with Crippen LogP contribution in [-0.4, -0.2) is 28.3 Å². The molecule has 0 bridgehead atoms. The van der Waals surface area contributed by atoms with E-state index < -0.39 is 8.83 Å². The van der Waals surface area contributed by atoms with Gasteiger partial charge in [0, 0.05) is 10.2 Å². The number of halogens is 3. The SMILES string of the molecule is CCc1c(C([SiH3])(c2ccc(OC)cc2)C(Cl)(Cl)Cl)ccc(OC)c1C. The van der Waals surface area contributed by atoms with Gasteiger partial charge in [0.1, 0.15) is 11.5 Å². The van der Waals surface area contributed by atoms with Crippen molar-refractivity contribution >= 4 is 45.0 Å². The summed E-state index contributed by atoms with van der Waals surface area (Å²) in [5.41, 5.74) is 4.27. The first kappa shape index (κ1) is 20.4. The molecule has 0 aliphatic rings. The minimum atomic E-state index is -1.47. The van der Waals surface area contributed by atoms with Crippen molar-refractivity contribution < 1.29 is 9.47 Å². The third-order valence-electron chi connectivity index (χ3n) is 4.90. The van der Waals surface area contributed by atoms with Crippen molar-refractivity contribution in [3.8, 4) is 11.5 Å². The molecule has 136 valence electrons. The maximum Gasteiger partial charge on any atom is 0.200 e. The largest absolute Gasteiger partial charge is 0.497 e. The van der Waals surface area contributed by atoms with Crippen molar-refractivity contribution in [1.29, 1.82) is 0 Å². The molecule has 0 aliphatic carbocycles. The van der Waals surface area contributed by atoms with Crippen LogP contribution in [0, 0.1) is 6.92 Å². The summed E-state index contributed by atoms with van der Waals surface area (Å²) in [5, 5.41) is -0.688. The van der Waals surface area contributed by atoms with Gasteiger partial charge in [-0.25, -0.2) is 0 Å². The van der Waals surface area contributed by atoms with Crippen LogP contribution in [-0.2, 0) is 11.5 Å². The molecule has 0 amide bonds. The van der Waals surface area contributed by atoms with E-state index in [1.54, 1.807) is 14.2 Å². The minimum Gasteiger partial charge on any atom is -0.497 e. The molecule has 1 atom stereocenters. The van der Waals surface area contributed by atoms with Crippen LogP contribution in [0.1, 0.15) is 29.2 Å². The lowest BCUT2D eigenvalue weighted by molar-refractivity contribution is 0.410. The molecule has 0 saturated carbocycles. The van der Waals surface area contributed by atoms with E-state index in [2.05, 4.69) is 13.8 Å². The smallest absolute Gasteiger partial charge is 0.200 e. The highest BCUT2D eigenvalue weighted by molar-refractivity contribution is 6.70. The highest BCUT2D eigenvalue weighted by Crippen LogP contribution is 2.51. The summed E-state index contributed by atoms with van der Waals surface area (Å²) in [6, 6.07) is 11.8. The summed E-state index contributed by atoms with van der Waals surface area (Å²) < 4.78 is 9.26. The number of hydrogen-bond donors (Lipinski definition) is 0. The minimum absolute atomic E-state index is 0.625. The number of alkyl halides is 3. The van der Waals surface area contributed by atoms with E-state index >= 15 is 0 Å². The second-order valence-corrected chi connectivity index (χ2v) is 9.90.